The Morgan fingerprint density at radius 3 is 1.15 bits per heavy atom. The first kappa shape index (κ1) is 44.6. The van der Waals surface area contributed by atoms with E-state index in [4.69, 9.17) is 17.5 Å². The third-order valence-electron chi connectivity index (χ3n) is 9.98. The van der Waals surface area contributed by atoms with Crippen molar-refractivity contribution < 1.29 is 17.5 Å². The maximum absolute atomic E-state index is 8.74. The lowest BCUT2D eigenvalue weighted by atomic mass is 9.86. The highest BCUT2D eigenvalue weighted by Crippen LogP contribution is 2.31. The van der Waals surface area contributed by atoms with Crippen LogP contribution in [0.5, 0.6) is 0 Å². The molecule has 0 aliphatic carbocycles. The molecule has 0 heterocycles. The summed E-state index contributed by atoms with van der Waals surface area (Å²) in [6.07, 6.45) is 42.2. The van der Waals surface area contributed by atoms with Gasteiger partial charge in [-0.3, -0.25) is 9.11 Å². The van der Waals surface area contributed by atoms with Crippen LogP contribution in [0.15, 0.2) is 30.3 Å². The molecule has 0 amide bonds. The van der Waals surface area contributed by atoms with E-state index in [2.05, 4.69) is 51.1 Å². The number of aryl methyl sites for hydroxylation is 2. The fourth-order valence-corrected chi connectivity index (χ4v) is 7.20. The number of rotatable bonds is 30. The third-order valence-corrected chi connectivity index (χ3v) is 9.98. The van der Waals surface area contributed by atoms with Gasteiger partial charge in [-0.15, -0.1) is 0 Å². The molecule has 0 aromatic heterocycles. The molecule has 2 aromatic rings. The third kappa shape index (κ3) is 24.7. The molecule has 278 valence electrons. The molecule has 0 aliphatic rings. The van der Waals surface area contributed by atoms with E-state index in [-0.39, 0.29) is 0 Å². The van der Waals surface area contributed by atoms with E-state index in [1.165, 1.54) is 198 Å². The molecule has 0 saturated heterocycles. The van der Waals surface area contributed by atoms with Crippen molar-refractivity contribution in [1.29, 1.82) is 0 Å². The molecular weight excluding hydrogens is 613 g/mol. The highest BCUT2D eigenvalue weighted by molar-refractivity contribution is 7.79. The summed E-state index contributed by atoms with van der Waals surface area (Å²) < 4.78 is 31.6. The number of fused-ring (bicyclic) bond motifs is 1. The van der Waals surface area contributed by atoms with Gasteiger partial charge in [-0.1, -0.05) is 205 Å². The van der Waals surface area contributed by atoms with Gasteiger partial charge in [0.1, 0.15) is 0 Å². The molecule has 0 atom stereocenters. The predicted octanol–water partition coefficient (Wildman–Crippen LogP) is 14.4. The standard InChI is InChI=1S/C43H74.H2O4S/c1-4-7-10-13-16-19-22-25-28-33-39-38-40-34-31-32-36-42(40)43(37-30-27-24-21-18-15-12-9-6-3)41(39)35-29-26-23-20-17-14-11-8-5-2;1-5(2,3)4/h31-32,34,36,38H,4-30,33,35,37H2,1-3H3;(H2,1,2,3,4). The maximum atomic E-state index is 8.74. The lowest BCUT2D eigenvalue weighted by Crippen LogP contribution is -2.04. The predicted molar refractivity (Wildman–Crippen MR) is 211 cm³/mol. The Morgan fingerprint density at radius 2 is 0.750 bits per heavy atom. The first-order valence-corrected chi connectivity index (χ1v) is 21.9. The maximum Gasteiger partial charge on any atom is 0.394 e. The molecule has 0 spiro atoms. The minimum absolute atomic E-state index is 1.29. The molecule has 0 bridgehead atoms. The van der Waals surface area contributed by atoms with Gasteiger partial charge in [-0.25, -0.2) is 0 Å². The zero-order valence-electron chi connectivity index (χ0n) is 31.7. The summed E-state index contributed by atoms with van der Waals surface area (Å²) in [5, 5.41) is 3.05. The molecule has 0 radical (unpaired) electrons. The molecule has 2 rings (SSSR count). The van der Waals surface area contributed by atoms with E-state index in [9.17, 15) is 0 Å². The van der Waals surface area contributed by atoms with E-state index in [0.29, 0.717) is 0 Å². The first-order chi connectivity index (χ1) is 23.3. The number of hydrogen-bond donors (Lipinski definition) is 2. The van der Waals surface area contributed by atoms with Gasteiger partial charge in [0.2, 0.25) is 0 Å². The fraction of sp³-hybridized carbons (Fsp3) is 0.767. The van der Waals surface area contributed by atoms with E-state index in [1.807, 2.05) is 0 Å². The number of unbranched alkanes of at least 4 members (excludes halogenated alkanes) is 24. The van der Waals surface area contributed by atoms with Crippen molar-refractivity contribution in [2.75, 3.05) is 0 Å². The van der Waals surface area contributed by atoms with Crippen LogP contribution in [0.1, 0.15) is 211 Å². The van der Waals surface area contributed by atoms with Crippen molar-refractivity contribution in [2.24, 2.45) is 0 Å². The molecule has 5 heteroatoms. The summed E-state index contributed by atoms with van der Waals surface area (Å²) in [5.74, 6) is 0. The minimum Gasteiger partial charge on any atom is -0.264 e. The normalized spacial score (nSPS) is 11.6. The lowest BCUT2D eigenvalue weighted by Gasteiger charge is -2.19. The second-order valence-corrected chi connectivity index (χ2v) is 15.3. The second kappa shape index (κ2) is 30.4. The largest absolute Gasteiger partial charge is 0.394 e. The van der Waals surface area contributed by atoms with Gasteiger partial charge in [0, 0.05) is 0 Å². The monoisotopic (exact) mass is 689 g/mol. The molecule has 4 nitrogen and oxygen atoms in total. The average molecular weight is 689 g/mol. The Kier molecular flexibility index (Phi) is 28.2. The van der Waals surface area contributed by atoms with Gasteiger partial charge in [0.05, 0.1) is 0 Å². The highest BCUT2D eigenvalue weighted by atomic mass is 32.3. The fourth-order valence-electron chi connectivity index (χ4n) is 7.20. The molecule has 0 aliphatic heterocycles. The van der Waals surface area contributed by atoms with E-state index in [1.54, 1.807) is 22.1 Å². The van der Waals surface area contributed by atoms with Crippen molar-refractivity contribution in [3.05, 3.63) is 47.0 Å². The van der Waals surface area contributed by atoms with Crippen LogP contribution in [0.3, 0.4) is 0 Å². The molecule has 2 N–H and O–H groups in total. The van der Waals surface area contributed by atoms with E-state index >= 15 is 0 Å². The Morgan fingerprint density at radius 1 is 0.438 bits per heavy atom. The van der Waals surface area contributed by atoms with Crippen LogP contribution in [0, 0.1) is 0 Å². The van der Waals surface area contributed by atoms with Crippen LogP contribution in [0.4, 0.5) is 0 Å². The minimum atomic E-state index is -4.67. The molecule has 0 saturated carbocycles. The smallest absolute Gasteiger partial charge is 0.264 e. The van der Waals surface area contributed by atoms with E-state index < -0.39 is 10.4 Å². The Labute approximate surface area is 298 Å². The summed E-state index contributed by atoms with van der Waals surface area (Å²) in [6.45, 7) is 6.96. The first-order valence-electron chi connectivity index (χ1n) is 20.5. The van der Waals surface area contributed by atoms with Gasteiger partial charge in [-0.05, 0) is 66.0 Å². The number of benzene rings is 2. The van der Waals surface area contributed by atoms with E-state index in [0.717, 1.165) is 0 Å². The van der Waals surface area contributed by atoms with Crippen LogP contribution in [-0.2, 0) is 29.7 Å². The van der Waals surface area contributed by atoms with Crippen LogP contribution in [0.2, 0.25) is 0 Å². The van der Waals surface area contributed by atoms with Gasteiger partial charge in [0.15, 0.2) is 0 Å². The summed E-state index contributed by atoms with van der Waals surface area (Å²) in [5.41, 5.74) is 5.19. The number of hydrogen-bond acceptors (Lipinski definition) is 2. The Bertz CT molecular complexity index is 1120. The highest BCUT2D eigenvalue weighted by Gasteiger charge is 2.13. The zero-order valence-corrected chi connectivity index (χ0v) is 32.5. The average Bonchev–Trinajstić information content (AvgIpc) is 3.05. The van der Waals surface area contributed by atoms with Crippen molar-refractivity contribution >= 4 is 21.2 Å². The van der Waals surface area contributed by atoms with Crippen molar-refractivity contribution in [3.8, 4) is 0 Å². The zero-order chi connectivity index (χ0) is 35.1. The van der Waals surface area contributed by atoms with Crippen LogP contribution in [0.25, 0.3) is 10.8 Å². The second-order valence-electron chi connectivity index (χ2n) is 14.4. The van der Waals surface area contributed by atoms with Gasteiger partial charge < -0.3 is 0 Å². The summed E-state index contributed by atoms with van der Waals surface area (Å²) >= 11 is 0. The van der Waals surface area contributed by atoms with Gasteiger partial charge in [0.25, 0.3) is 0 Å². The molecule has 0 unspecified atom stereocenters. The SMILES string of the molecule is CCCCCCCCCCCc1cc2ccccc2c(CCCCCCCCCCC)c1CCCCCCCCCCC.O=S(=O)(O)O. The van der Waals surface area contributed by atoms with Crippen LogP contribution < -0.4 is 0 Å². The van der Waals surface area contributed by atoms with Crippen molar-refractivity contribution in [3.63, 3.8) is 0 Å². The topological polar surface area (TPSA) is 74.6 Å². The quantitative estimate of drug-likeness (QED) is 0.0633. The molecular formula is C43H76O4S. The van der Waals surface area contributed by atoms with Crippen LogP contribution >= 0.6 is 0 Å². The summed E-state index contributed by atoms with van der Waals surface area (Å²) in [6, 6.07) is 12.0. The van der Waals surface area contributed by atoms with Gasteiger partial charge in [-0.2, -0.15) is 8.42 Å². The van der Waals surface area contributed by atoms with Crippen molar-refractivity contribution in [2.45, 2.75) is 213 Å². The summed E-state index contributed by atoms with van der Waals surface area (Å²) in [7, 11) is -4.67. The lowest BCUT2D eigenvalue weighted by molar-refractivity contribution is 0.381. The molecule has 2 aromatic carbocycles. The van der Waals surface area contributed by atoms with Crippen molar-refractivity contribution in [1.82, 2.24) is 0 Å². The van der Waals surface area contributed by atoms with Gasteiger partial charge >= 0.3 is 10.4 Å². The molecule has 48 heavy (non-hydrogen) atoms. The Hall–Kier alpha value is -1.43. The van der Waals surface area contributed by atoms with Crippen LogP contribution in [-0.4, -0.2) is 17.5 Å². The Balaban J connectivity index is 0.00000213. The molecule has 0 fully saturated rings. The summed E-state index contributed by atoms with van der Waals surface area (Å²) in [4.78, 5) is 0.